The smallest absolute Gasteiger partial charge is 0.229 e. The standard InChI is InChI=1S/C15H15N3O.C2H6/c1-10-6-11-7-12(8-13(11)17-9-10)15(19)18-14-4-2-3-5-16-14;1-2/h2-6,9,12H,7-8H2,1H3,(H,16,18,19);1-2H3. The summed E-state index contributed by atoms with van der Waals surface area (Å²) in [5, 5.41) is 2.86. The second-order valence-corrected chi connectivity index (χ2v) is 4.93. The van der Waals surface area contributed by atoms with Crippen LogP contribution in [-0.2, 0) is 17.6 Å². The molecule has 0 fully saturated rings. The van der Waals surface area contributed by atoms with Crippen molar-refractivity contribution >= 4 is 11.7 Å². The SMILES string of the molecule is CC.Cc1cnc2c(c1)CC(C(=O)Nc1ccccn1)C2. The first-order chi connectivity index (χ1) is 10.2. The molecule has 2 aromatic heterocycles. The van der Waals surface area contributed by atoms with E-state index in [9.17, 15) is 4.79 Å². The number of nitrogens with one attached hydrogen (secondary N) is 1. The first-order valence-corrected chi connectivity index (χ1v) is 7.38. The van der Waals surface area contributed by atoms with E-state index in [1.165, 1.54) is 5.56 Å². The molecule has 0 bridgehead atoms. The first-order valence-electron chi connectivity index (χ1n) is 7.38. The predicted octanol–water partition coefficient (Wildman–Crippen LogP) is 3.16. The fraction of sp³-hybridized carbons (Fsp3) is 0.353. The average Bonchev–Trinajstić information content (AvgIpc) is 2.93. The van der Waals surface area contributed by atoms with E-state index < -0.39 is 0 Å². The summed E-state index contributed by atoms with van der Waals surface area (Å²) in [6.45, 7) is 6.02. The van der Waals surface area contributed by atoms with Crippen LogP contribution in [0.15, 0.2) is 36.7 Å². The Morgan fingerprint density at radius 2 is 2.05 bits per heavy atom. The van der Waals surface area contributed by atoms with Crippen molar-refractivity contribution in [2.75, 3.05) is 5.32 Å². The predicted molar refractivity (Wildman–Crippen MR) is 84.1 cm³/mol. The maximum Gasteiger partial charge on any atom is 0.229 e. The van der Waals surface area contributed by atoms with Crippen LogP contribution in [0.4, 0.5) is 5.82 Å². The molecule has 0 aliphatic heterocycles. The van der Waals surface area contributed by atoms with Crippen LogP contribution in [0.2, 0.25) is 0 Å². The number of anilines is 1. The minimum Gasteiger partial charge on any atom is -0.310 e. The van der Waals surface area contributed by atoms with Crippen molar-refractivity contribution in [3.8, 4) is 0 Å². The third-order valence-electron chi connectivity index (χ3n) is 3.39. The number of nitrogens with zero attached hydrogens (tertiary/aromatic N) is 2. The number of aromatic nitrogens is 2. The van der Waals surface area contributed by atoms with Crippen LogP contribution in [0.3, 0.4) is 0 Å². The molecule has 0 radical (unpaired) electrons. The van der Waals surface area contributed by atoms with Gasteiger partial charge in [0, 0.05) is 30.4 Å². The van der Waals surface area contributed by atoms with Gasteiger partial charge in [-0.3, -0.25) is 9.78 Å². The topological polar surface area (TPSA) is 54.9 Å². The number of rotatable bonds is 2. The zero-order valence-corrected chi connectivity index (χ0v) is 12.8. The van der Waals surface area contributed by atoms with Crippen molar-refractivity contribution < 1.29 is 4.79 Å². The number of hydrogen-bond acceptors (Lipinski definition) is 3. The molecule has 4 heteroatoms. The summed E-state index contributed by atoms with van der Waals surface area (Å²) >= 11 is 0. The molecule has 0 saturated carbocycles. The Morgan fingerprint density at radius 1 is 1.24 bits per heavy atom. The minimum atomic E-state index is -0.0358. The van der Waals surface area contributed by atoms with Crippen LogP contribution in [0.1, 0.15) is 30.7 Å². The molecule has 0 saturated heterocycles. The lowest BCUT2D eigenvalue weighted by Gasteiger charge is -2.09. The van der Waals surface area contributed by atoms with E-state index in [1.807, 2.05) is 39.1 Å². The molecule has 1 aliphatic carbocycles. The zero-order chi connectivity index (χ0) is 15.2. The van der Waals surface area contributed by atoms with Crippen molar-refractivity contribution in [2.45, 2.75) is 33.6 Å². The fourth-order valence-electron chi connectivity index (χ4n) is 2.44. The highest BCUT2D eigenvalue weighted by molar-refractivity contribution is 5.92. The van der Waals surface area contributed by atoms with Crippen molar-refractivity contribution in [1.82, 2.24) is 9.97 Å². The zero-order valence-electron chi connectivity index (χ0n) is 12.8. The summed E-state index contributed by atoms with van der Waals surface area (Å²) in [4.78, 5) is 20.7. The van der Waals surface area contributed by atoms with Crippen LogP contribution in [-0.4, -0.2) is 15.9 Å². The molecule has 110 valence electrons. The molecule has 21 heavy (non-hydrogen) atoms. The molecular weight excluding hydrogens is 262 g/mol. The van der Waals surface area contributed by atoms with Gasteiger partial charge < -0.3 is 5.32 Å². The highest BCUT2D eigenvalue weighted by Crippen LogP contribution is 2.26. The van der Waals surface area contributed by atoms with E-state index in [0.29, 0.717) is 12.2 Å². The average molecular weight is 283 g/mol. The van der Waals surface area contributed by atoms with Crippen molar-refractivity contribution in [3.63, 3.8) is 0 Å². The van der Waals surface area contributed by atoms with Gasteiger partial charge in [0.25, 0.3) is 0 Å². The Hall–Kier alpha value is -2.23. The van der Waals surface area contributed by atoms with Gasteiger partial charge in [0.05, 0.1) is 0 Å². The molecule has 1 unspecified atom stereocenters. The molecule has 1 amide bonds. The molecular formula is C17H21N3O. The van der Waals surface area contributed by atoms with E-state index >= 15 is 0 Å². The fourth-order valence-corrected chi connectivity index (χ4v) is 2.44. The van der Waals surface area contributed by atoms with Crippen LogP contribution in [0.25, 0.3) is 0 Å². The normalized spacial score (nSPS) is 15.7. The van der Waals surface area contributed by atoms with Gasteiger partial charge in [-0.15, -0.1) is 0 Å². The largest absolute Gasteiger partial charge is 0.310 e. The van der Waals surface area contributed by atoms with E-state index in [1.54, 1.807) is 12.3 Å². The Balaban J connectivity index is 0.000000774. The third-order valence-corrected chi connectivity index (χ3v) is 3.39. The van der Waals surface area contributed by atoms with E-state index in [-0.39, 0.29) is 11.8 Å². The molecule has 2 heterocycles. The quantitative estimate of drug-likeness (QED) is 0.921. The highest BCUT2D eigenvalue weighted by atomic mass is 16.1. The summed E-state index contributed by atoms with van der Waals surface area (Å²) in [6, 6.07) is 7.60. The van der Waals surface area contributed by atoms with Gasteiger partial charge in [0.15, 0.2) is 0 Å². The van der Waals surface area contributed by atoms with Gasteiger partial charge in [-0.1, -0.05) is 26.0 Å². The van der Waals surface area contributed by atoms with Crippen molar-refractivity contribution in [1.29, 1.82) is 0 Å². The van der Waals surface area contributed by atoms with E-state index in [0.717, 1.165) is 17.7 Å². The van der Waals surface area contributed by atoms with Crippen LogP contribution < -0.4 is 5.32 Å². The molecule has 0 aromatic carbocycles. The van der Waals surface area contributed by atoms with Crippen molar-refractivity contribution in [3.05, 3.63) is 53.5 Å². The Kier molecular flexibility index (Phi) is 5.04. The molecule has 1 atom stereocenters. The molecule has 3 rings (SSSR count). The summed E-state index contributed by atoms with van der Waals surface area (Å²) < 4.78 is 0. The van der Waals surface area contributed by atoms with Gasteiger partial charge in [-0.25, -0.2) is 4.98 Å². The summed E-state index contributed by atoms with van der Waals surface area (Å²) in [5.41, 5.74) is 3.39. The summed E-state index contributed by atoms with van der Waals surface area (Å²) in [7, 11) is 0. The lowest BCUT2D eigenvalue weighted by Crippen LogP contribution is -2.23. The molecule has 1 aliphatic rings. The molecule has 1 N–H and O–H groups in total. The van der Waals surface area contributed by atoms with Gasteiger partial charge in [-0.2, -0.15) is 0 Å². The first kappa shape index (κ1) is 15.2. The number of fused-ring (bicyclic) bond motifs is 1. The van der Waals surface area contributed by atoms with Crippen molar-refractivity contribution in [2.24, 2.45) is 5.92 Å². The van der Waals surface area contributed by atoms with Crippen LogP contribution in [0.5, 0.6) is 0 Å². The van der Waals surface area contributed by atoms with Crippen LogP contribution in [0, 0.1) is 12.8 Å². The maximum atomic E-state index is 12.2. The lowest BCUT2D eigenvalue weighted by atomic mass is 10.1. The second kappa shape index (κ2) is 6.97. The lowest BCUT2D eigenvalue weighted by molar-refractivity contribution is -0.119. The Bertz CT molecular complexity index is 611. The summed E-state index contributed by atoms with van der Waals surface area (Å²) in [6.07, 6.45) is 5.01. The van der Waals surface area contributed by atoms with E-state index in [2.05, 4.69) is 21.4 Å². The monoisotopic (exact) mass is 283 g/mol. The number of hydrogen-bond donors (Lipinski definition) is 1. The molecule has 2 aromatic rings. The second-order valence-electron chi connectivity index (χ2n) is 4.93. The third kappa shape index (κ3) is 3.66. The maximum absolute atomic E-state index is 12.2. The minimum absolute atomic E-state index is 0.0225. The van der Waals surface area contributed by atoms with Gasteiger partial charge in [-0.05, 0) is 36.6 Å². The summed E-state index contributed by atoms with van der Waals surface area (Å²) in [5.74, 6) is 0.591. The van der Waals surface area contributed by atoms with Gasteiger partial charge >= 0.3 is 0 Å². The molecule has 4 nitrogen and oxygen atoms in total. The number of carbonyl (C=O) groups is 1. The number of amides is 1. The number of aryl methyl sites for hydroxylation is 1. The molecule has 0 spiro atoms. The van der Waals surface area contributed by atoms with E-state index in [4.69, 9.17) is 0 Å². The van der Waals surface area contributed by atoms with Crippen LogP contribution >= 0.6 is 0 Å². The number of pyridine rings is 2. The Labute approximate surface area is 125 Å². The number of carbonyl (C=O) groups excluding carboxylic acids is 1. The highest BCUT2D eigenvalue weighted by Gasteiger charge is 2.28. The Morgan fingerprint density at radius 3 is 2.76 bits per heavy atom. The van der Waals surface area contributed by atoms with Gasteiger partial charge in [0.2, 0.25) is 5.91 Å². The van der Waals surface area contributed by atoms with Gasteiger partial charge in [0.1, 0.15) is 5.82 Å².